The predicted molar refractivity (Wildman–Crippen MR) is 60.6 cm³/mol. The van der Waals surface area contributed by atoms with E-state index in [1.54, 1.807) is 0 Å². The Morgan fingerprint density at radius 2 is 1.79 bits per heavy atom. The molecule has 0 atom stereocenters. The van der Waals surface area contributed by atoms with Gasteiger partial charge in [-0.3, -0.25) is 4.79 Å². The molecule has 1 saturated carbocycles. The summed E-state index contributed by atoms with van der Waals surface area (Å²) in [5, 5.41) is 0. The second kappa shape index (κ2) is 4.65. The average Bonchev–Trinajstić information content (AvgIpc) is 2.17. The highest BCUT2D eigenvalue weighted by Gasteiger charge is 2.37. The third kappa shape index (κ3) is 2.50. The molecule has 0 unspecified atom stereocenters. The fraction of sp³-hybridized carbons (Fsp3) is 0.917. The first-order valence-electron chi connectivity index (χ1n) is 5.57. The Morgan fingerprint density at radius 1 is 1.29 bits per heavy atom. The minimum atomic E-state index is -0.206. The summed E-state index contributed by atoms with van der Waals surface area (Å²) in [6.07, 6.45) is 4.92. The fourth-order valence-corrected chi connectivity index (χ4v) is 2.73. The van der Waals surface area contributed by atoms with Crippen LogP contribution in [0.1, 0.15) is 46.5 Å². The normalized spacial score (nSPS) is 28.9. The van der Waals surface area contributed by atoms with Crippen molar-refractivity contribution < 1.29 is 4.79 Å². The van der Waals surface area contributed by atoms with Crippen LogP contribution >= 0.6 is 11.6 Å². The van der Waals surface area contributed by atoms with E-state index >= 15 is 0 Å². The standard InChI is InChI=1S/C12H21ClO/c1-9-4-6-10(7-5-9)12(2,3)11(14)8-13/h9-10H,4-8H2,1-3H3. The van der Waals surface area contributed by atoms with Crippen molar-refractivity contribution in [2.24, 2.45) is 17.3 Å². The first kappa shape index (κ1) is 12.0. The maximum absolute atomic E-state index is 11.7. The van der Waals surface area contributed by atoms with Gasteiger partial charge in [0.25, 0.3) is 0 Å². The van der Waals surface area contributed by atoms with Crippen molar-refractivity contribution in [3.8, 4) is 0 Å². The van der Waals surface area contributed by atoms with E-state index in [0.29, 0.717) is 5.92 Å². The maximum Gasteiger partial charge on any atom is 0.153 e. The van der Waals surface area contributed by atoms with Crippen LogP contribution in [0.3, 0.4) is 0 Å². The van der Waals surface area contributed by atoms with Crippen LogP contribution < -0.4 is 0 Å². The molecule has 1 fully saturated rings. The lowest BCUT2D eigenvalue weighted by Gasteiger charge is -2.37. The molecule has 0 amide bonds. The minimum Gasteiger partial charge on any atom is -0.298 e. The summed E-state index contributed by atoms with van der Waals surface area (Å²) >= 11 is 5.63. The Morgan fingerprint density at radius 3 is 2.21 bits per heavy atom. The zero-order chi connectivity index (χ0) is 10.8. The van der Waals surface area contributed by atoms with Gasteiger partial charge in [-0.25, -0.2) is 0 Å². The second-order valence-corrected chi connectivity index (χ2v) is 5.50. The minimum absolute atomic E-state index is 0.166. The van der Waals surface area contributed by atoms with Crippen LogP contribution in [0, 0.1) is 17.3 Å². The van der Waals surface area contributed by atoms with E-state index in [1.807, 2.05) is 0 Å². The van der Waals surface area contributed by atoms with Crippen LogP contribution in [-0.2, 0) is 4.79 Å². The van der Waals surface area contributed by atoms with Crippen LogP contribution in [0.5, 0.6) is 0 Å². The summed E-state index contributed by atoms with van der Waals surface area (Å²) in [4.78, 5) is 11.7. The summed E-state index contributed by atoms with van der Waals surface area (Å²) in [5.41, 5.74) is -0.206. The second-order valence-electron chi connectivity index (χ2n) is 5.24. The Hall–Kier alpha value is -0.0400. The summed E-state index contributed by atoms with van der Waals surface area (Å²) in [6, 6.07) is 0. The van der Waals surface area contributed by atoms with E-state index in [9.17, 15) is 4.79 Å². The van der Waals surface area contributed by atoms with Gasteiger partial charge < -0.3 is 0 Å². The predicted octanol–water partition coefficient (Wildman–Crippen LogP) is 3.65. The van der Waals surface area contributed by atoms with Gasteiger partial charge in [0.1, 0.15) is 0 Å². The first-order valence-corrected chi connectivity index (χ1v) is 6.11. The molecule has 0 heterocycles. The van der Waals surface area contributed by atoms with E-state index in [1.165, 1.54) is 25.7 Å². The SMILES string of the molecule is CC1CCC(C(C)(C)C(=O)CCl)CC1. The van der Waals surface area contributed by atoms with E-state index in [2.05, 4.69) is 20.8 Å². The Labute approximate surface area is 92.2 Å². The topological polar surface area (TPSA) is 17.1 Å². The number of alkyl halides is 1. The smallest absolute Gasteiger partial charge is 0.153 e. The molecule has 82 valence electrons. The molecule has 0 bridgehead atoms. The van der Waals surface area contributed by atoms with Crippen LogP contribution in [-0.4, -0.2) is 11.7 Å². The molecule has 0 aliphatic heterocycles. The summed E-state index contributed by atoms with van der Waals surface area (Å²) in [6.45, 7) is 6.41. The summed E-state index contributed by atoms with van der Waals surface area (Å²) in [7, 11) is 0. The molecular formula is C12H21ClO. The molecule has 1 rings (SSSR count). The summed E-state index contributed by atoms with van der Waals surface area (Å²) in [5.74, 6) is 1.76. The number of carbonyl (C=O) groups excluding carboxylic acids is 1. The van der Waals surface area contributed by atoms with Crippen molar-refractivity contribution in [3.05, 3.63) is 0 Å². The van der Waals surface area contributed by atoms with Gasteiger partial charge in [0.2, 0.25) is 0 Å². The highest BCUT2D eigenvalue weighted by atomic mass is 35.5. The van der Waals surface area contributed by atoms with E-state index in [0.717, 1.165) is 5.92 Å². The molecular weight excluding hydrogens is 196 g/mol. The lowest BCUT2D eigenvalue weighted by molar-refractivity contribution is -0.128. The van der Waals surface area contributed by atoms with Gasteiger partial charge >= 0.3 is 0 Å². The quantitative estimate of drug-likeness (QED) is 0.659. The molecule has 1 aliphatic rings. The van der Waals surface area contributed by atoms with E-state index in [-0.39, 0.29) is 17.1 Å². The van der Waals surface area contributed by atoms with Gasteiger partial charge in [0, 0.05) is 5.41 Å². The van der Waals surface area contributed by atoms with Crippen LogP contribution in [0.4, 0.5) is 0 Å². The van der Waals surface area contributed by atoms with Gasteiger partial charge in [-0.1, -0.05) is 33.6 Å². The van der Waals surface area contributed by atoms with Gasteiger partial charge in [-0.05, 0) is 24.7 Å². The zero-order valence-corrected chi connectivity index (χ0v) is 10.2. The molecule has 1 aliphatic carbocycles. The highest BCUT2D eigenvalue weighted by molar-refractivity contribution is 6.28. The van der Waals surface area contributed by atoms with Crippen molar-refractivity contribution in [2.45, 2.75) is 46.5 Å². The van der Waals surface area contributed by atoms with Crippen LogP contribution in [0.25, 0.3) is 0 Å². The largest absolute Gasteiger partial charge is 0.298 e. The molecule has 14 heavy (non-hydrogen) atoms. The van der Waals surface area contributed by atoms with Crippen molar-refractivity contribution >= 4 is 17.4 Å². The zero-order valence-electron chi connectivity index (χ0n) is 9.48. The summed E-state index contributed by atoms with van der Waals surface area (Å²) < 4.78 is 0. The lowest BCUT2D eigenvalue weighted by Crippen LogP contribution is -2.36. The number of ketones is 1. The van der Waals surface area contributed by atoms with Crippen molar-refractivity contribution in [3.63, 3.8) is 0 Å². The molecule has 1 nitrogen and oxygen atoms in total. The molecule has 0 radical (unpaired) electrons. The molecule has 2 heteroatoms. The Bertz CT molecular complexity index is 202. The highest BCUT2D eigenvalue weighted by Crippen LogP contribution is 2.40. The third-order valence-corrected chi connectivity index (χ3v) is 4.12. The van der Waals surface area contributed by atoms with E-state index in [4.69, 9.17) is 11.6 Å². The first-order chi connectivity index (χ1) is 6.48. The monoisotopic (exact) mass is 216 g/mol. The third-order valence-electron chi connectivity index (χ3n) is 3.88. The van der Waals surface area contributed by atoms with Gasteiger partial charge in [0.05, 0.1) is 5.88 Å². The number of hydrogen-bond donors (Lipinski definition) is 0. The Balaban J connectivity index is 2.59. The van der Waals surface area contributed by atoms with Gasteiger partial charge in [-0.15, -0.1) is 11.6 Å². The van der Waals surface area contributed by atoms with Gasteiger partial charge in [-0.2, -0.15) is 0 Å². The molecule has 0 spiro atoms. The molecule has 0 N–H and O–H groups in total. The number of carbonyl (C=O) groups is 1. The number of Topliss-reactive ketones (excluding diaryl/α,β-unsaturated/α-hetero) is 1. The molecule has 0 aromatic heterocycles. The maximum atomic E-state index is 11.7. The molecule has 0 aromatic carbocycles. The number of halogens is 1. The molecule has 0 aromatic rings. The number of rotatable bonds is 3. The van der Waals surface area contributed by atoms with Crippen molar-refractivity contribution in [2.75, 3.05) is 5.88 Å². The fourth-order valence-electron chi connectivity index (χ4n) is 2.38. The van der Waals surface area contributed by atoms with Gasteiger partial charge in [0.15, 0.2) is 5.78 Å². The molecule has 0 saturated heterocycles. The lowest BCUT2D eigenvalue weighted by atomic mass is 9.67. The van der Waals surface area contributed by atoms with Crippen LogP contribution in [0.2, 0.25) is 0 Å². The Kier molecular flexibility index (Phi) is 4.00. The van der Waals surface area contributed by atoms with E-state index < -0.39 is 0 Å². The van der Waals surface area contributed by atoms with Crippen molar-refractivity contribution in [1.82, 2.24) is 0 Å². The average molecular weight is 217 g/mol. The van der Waals surface area contributed by atoms with Crippen molar-refractivity contribution in [1.29, 1.82) is 0 Å². The number of hydrogen-bond acceptors (Lipinski definition) is 1. The van der Waals surface area contributed by atoms with Crippen LogP contribution in [0.15, 0.2) is 0 Å².